The van der Waals surface area contributed by atoms with Gasteiger partial charge in [0, 0.05) is 6.54 Å². The zero-order chi connectivity index (χ0) is 15.4. The SMILES string of the molecule is CCC(CC)Cn1c(SCC(=O)O)nc2ccsc2c1=O. The van der Waals surface area contributed by atoms with E-state index in [4.69, 9.17) is 5.11 Å². The molecule has 0 aliphatic heterocycles. The molecule has 1 N–H and O–H groups in total. The smallest absolute Gasteiger partial charge is 0.313 e. The number of aliphatic carboxylic acids is 1. The van der Waals surface area contributed by atoms with Gasteiger partial charge in [-0.15, -0.1) is 11.3 Å². The minimum absolute atomic E-state index is 0.0604. The van der Waals surface area contributed by atoms with E-state index in [9.17, 15) is 9.59 Å². The Kier molecular flexibility index (Phi) is 5.41. The van der Waals surface area contributed by atoms with Gasteiger partial charge in [-0.1, -0.05) is 38.5 Å². The van der Waals surface area contributed by atoms with Crippen LogP contribution in [0.3, 0.4) is 0 Å². The zero-order valence-electron chi connectivity index (χ0n) is 12.0. The van der Waals surface area contributed by atoms with Crippen LogP contribution in [0.2, 0.25) is 0 Å². The summed E-state index contributed by atoms with van der Waals surface area (Å²) in [6, 6.07) is 1.80. The van der Waals surface area contributed by atoms with E-state index in [1.807, 2.05) is 5.38 Å². The highest BCUT2D eigenvalue weighted by molar-refractivity contribution is 7.99. The normalized spacial score (nSPS) is 11.4. The summed E-state index contributed by atoms with van der Waals surface area (Å²) in [6.07, 6.45) is 1.96. The topological polar surface area (TPSA) is 72.2 Å². The van der Waals surface area contributed by atoms with Crippen LogP contribution in [0, 0.1) is 5.92 Å². The molecule has 0 saturated heterocycles. The lowest BCUT2D eigenvalue weighted by molar-refractivity contribution is -0.133. The molecule has 0 aliphatic rings. The first kappa shape index (κ1) is 16.0. The summed E-state index contributed by atoms with van der Waals surface area (Å²) in [5, 5.41) is 11.2. The maximum absolute atomic E-state index is 12.6. The van der Waals surface area contributed by atoms with Crippen LogP contribution in [-0.2, 0) is 11.3 Å². The lowest BCUT2D eigenvalue weighted by atomic mass is 10.0. The van der Waals surface area contributed by atoms with E-state index >= 15 is 0 Å². The number of rotatable bonds is 7. The molecule has 0 aromatic carbocycles. The minimum atomic E-state index is -0.909. The van der Waals surface area contributed by atoms with Gasteiger partial charge in [0.05, 0.1) is 11.3 Å². The average Bonchev–Trinajstić information content (AvgIpc) is 2.93. The first-order valence-corrected chi connectivity index (χ1v) is 8.75. The number of carboxylic acid groups (broad SMARTS) is 1. The molecule has 0 spiro atoms. The molecule has 0 bridgehead atoms. The fraction of sp³-hybridized carbons (Fsp3) is 0.500. The summed E-state index contributed by atoms with van der Waals surface area (Å²) < 4.78 is 2.28. The number of carbonyl (C=O) groups is 1. The summed E-state index contributed by atoms with van der Waals surface area (Å²) in [7, 11) is 0. The third-order valence-corrected chi connectivity index (χ3v) is 5.30. The second-order valence-electron chi connectivity index (χ2n) is 4.81. The molecule has 0 radical (unpaired) electrons. The van der Waals surface area contributed by atoms with Gasteiger partial charge in [0.25, 0.3) is 5.56 Å². The molecule has 0 saturated carbocycles. The van der Waals surface area contributed by atoms with Gasteiger partial charge in [-0.3, -0.25) is 14.2 Å². The Balaban J connectivity index is 2.46. The molecule has 0 aliphatic carbocycles. The predicted molar refractivity (Wildman–Crippen MR) is 86.3 cm³/mol. The Morgan fingerprint density at radius 3 is 2.81 bits per heavy atom. The Morgan fingerprint density at radius 1 is 1.48 bits per heavy atom. The monoisotopic (exact) mass is 326 g/mol. The largest absolute Gasteiger partial charge is 0.481 e. The van der Waals surface area contributed by atoms with Crippen LogP contribution >= 0.6 is 23.1 Å². The molecule has 0 amide bonds. The van der Waals surface area contributed by atoms with E-state index < -0.39 is 5.97 Å². The molecule has 5 nitrogen and oxygen atoms in total. The summed E-state index contributed by atoms with van der Waals surface area (Å²) in [6.45, 7) is 4.79. The van der Waals surface area contributed by atoms with E-state index in [-0.39, 0.29) is 11.3 Å². The van der Waals surface area contributed by atoms with Crippen LogP contribution in [0.1, 0.15) is 26.7 Å². The van der Waals surface area contributed by atoms with E-state index in [0.717, 1.165) is 24.6 Å². The molecule has 7 heteroatoms. The fourth-order valence-corrected chi connectivity index (χ4v) is 3.63. The highest BCUT2D eigenvalue weighted by atomic mass is 32.2. The third-order valence-electron chi connectivity index (χ3n) is 3.45. The lowest BCUT2D eigenvalue weighted by Crippen LogP contribution is -2.26. The van der Waals surface area contributed by atoms with E-state index in [2.05, 4.69) is 18.8 Å². The molecule has 0 unspecified atom stereocenters. The van der Waals surface area contributed by atoms with Gasteiger partial charge in [0.1, 0.15) is 4.70 Å². The number of hydrogen-bond acceptors (Lipinski definition) is 5. The third kappa shape index (κ3) is 3.65. The van der Waals surface area contributed by atoms with Gasteiger partial charge in [-0.25, -0.2) is 4.98 Å². The predicted octanol–water partition coefficient (Wildman–Crippen LogP) is 3.07. The average molecular weight is 326 g/mol. The molecule has 0 fully saturated rings. The van der Waals surface area contributed by atoms with Crippen molar-refractivity contribution in [3.8, 4) is 0 Å². The molecule has 2 aromatic rings. The molecule has 21 heavy (non-hydrogen) atoms. The standard InChI is InChI=1S/C14H18N2O3S2/c1-3-9(4-2)7-16-13(19)12-10(5-6-20-12)15-14(16)21-8-11(17)18/h5-6,9H,3-4,7-8H2,1-2H3,(H,17,18). The molecule has 2 heterocycles. The summed E-state index contributed by atoms with van der Waals surface area (Å²) in [5.41, 5.74) is 0.591. The second-order valence-corrected chi connectivity index (χ2v) is 6.67. The van der Waals surface area contributed by atoms with Gasteiger partial charge in [0.15, 0.2) is 5.16 Å². The van der Waals surface area contributed by atoms with Crippen molar-refractivity contribution in [2.24, 2.45) is 5.92 Å². The number of fused-ring (bicyclic) bond motifs is 1. The van der Waals surface area contributed by atoms with E-state index in [1.54, 1.807) is 10.6 Å². The van der Waals surface area contributed by atoms with Gasteiger partial charge < -0.3 is 5.11 Å². The van der Waals surface area contributed by atoms with Crippen molar-refractivity contribution >= 4 is 39.3 Å². The number of carboxylic acids is 1. The summed E-state index contributed by atoms with van der Waals surface area (Å²) >= 11 is 2.49. The summed E-state index contributed by atoms with van der Waals surface area (Å²) in [4.78, 5) is 27.8. The Hall–Kier alpha value is -1.34. The van der Waals surface area contributed by atoms with Crippen LogP contribution in [0.25, 0.3) is 10.2 Å². The summed E-state index contributed by atoms with van der Waals surface area (Å²) in [5.74, 6) is -0.606. The minimum Gasteiger partial charge on any atom is -0.481 e. The number of nitrogens with zero attached hydrogens (tertiary/aromatic N) is 2. The zero-order valence-corrected chi connectivity index (χ0v) is 13.7. The van der Waals surface area contributed by atoms with Crippen molar-refractivity contribution in [2.75, 3.05) is 5.75 Å². The fourth-order valence-electron chi connectivity index (χ4n) is 2.13. The first-order valence-electron chi connectivity index (χ1n) is 6.89. The lowest BCUT2D eigenvalue weighted by Gasteiger charge is -2.17. The molecule has 0 atom stereocenters. The van der Waals surface area contributed by atoms with Crippen LogP contribution < -0.4 is 5.56 Å². The van der Waals surface area contributed by atoms with Gasteiger partial charge in [0.2, 0.25) is 0 Å². The molecule has 2 rings (SSSR count). The van der Waals surface area contributed by atoms with Gasteiger partial charge in [-0.05, 0) is 17.4 Å². The number of thioether (sulfide) groups is 1. The molecular weight excluding hydrogens is 308 g/mol. The Bertz CT molecular complexity index is 689. The maximum Gasteiger partial charge on any atom is 0.313 e. The van der Waals surface area contributed by atoms with Crippen LogP contribution in [0.4, 0.5) is 0 Å². The highest BCUT2D eigenvalue weighted by Gasteiger charge is 2.16. The Labute approximate surface area is 131 Å². The first-order chi connectivity index (χ1) is 10.1. The van der Waals surface area contributed by atoms with Crippen molar-refractivity contribution in [1.29, 1.82) is 0 Å². The molecule has 114 valence electrons. The van der Waals surface area contributed by atoms with Crippen molar-refractivity contribution < 1.29 is 9.90 Å². The molecule has 2 aromatic heterocycles. The highest BCUT2D eigenvalue weighted by Crippen LogP contribution is 2.22. The second kappa shape index (κ2) is 7.09. The van der Waals surface area contributed by atoms with Crippen LogP contribution in [-0.4, -0.2) is 26.4 Å². The maximum atomic E-state index is 12.6. The number of aromatic nitrogens is 2. The van der Waals surface area contributed by atoms with E-state index in [0.29, 0.717) is 27.8 Å². The van der Waals surface area contributed by atoms with E-state index in [1.165, 1.54) is 11.3 Å². The number of thiophene rings is 1. The Morgan fingerprint density at radius 2 is 2.19 bits per heavy atom. The van der Waals surface area contributed by atoms with Crippen LogP contribution in [0.15, 0.2) is 21.4 Å². The van der Waals surface area contributed by atoms with Crippen LogP contribution in [0.5, 0.6) is 0 Å². The van der Waals surface area contributed by atoms with Crippen molar-refractivity contribution in [1.82, 2.24) is 9.55 Å². The van der Waals surface area contributed by atoms with Gasteiger partial charge >= 0.3 is 5.97 Å². The van der Waals surface area contributed by atoms with Crippen molar-refractivity contribution in [3.05, 3.63) is 21.8 Å². The van der Waals surface area contributed by atoms with Crippen molar-refractivity contribution in [2.45, 2.75) is 38.4 Å². The van der Waals surface area contributed by atoms with Crippen molar-refractivity contribution in [3.63, 3.8) is 0 Å². The van der Waals surface area contributed by atoms with Gasteiger partial charge in [-0.2, -0.15) is 0 Å². The quantitative estimate of drug-likeness (QED) is 0.625. The number of hydrogen-bond donors (Lipinski definition) is 1. The molecular formula is C14H18N2O3S2.